The van der Waals surface area contributed by atoms with Crippen molar-refractivity contribution in [3.05, 3.63) is 47.3 Å². The van der Waals surface area contributed by atoms with Gasteiger partial charge in [-0.15, -0.1) is 0 Å². The minimum absolute atomic E-state index is 0.104. The molecule has 0 saturated heterocycles. The normalized spacial score (nSPS) is 10.8. The molecular weight excluding hydrogens is 281 g/mol. The van der Waals surface area contributed by atoms with E-state index in [-0.39, 0.29) is 5.69 Å². The smallest absolute Gasteiger partial charge is 0.387 e. The number of rotatable bonds is 4. The molecule has 6 heteroatoms. The van der Waals surface area contributed by atoms with E-state index >= 15 is 0 Å². The molecule has 0 aromatic heterocycles. The molecule has 2 aromatic rings. The summed E-state index contributed by atoms with van der Waals surface area (Å²) in [6, 6.07) is 7.67. The summed E-state index contributed by atoms with van der Waals surface area (Å²) in [4.78, 5) is 0. The molecule has 0 heterocycles. The molecule has 0 radical (unpaired) electrons. The average Bonchev–Trinajstić information content (AvgIpc) is 2.39. The van der Waals surface area contributed by atoms with Gasteiger partial charge >= 0.3 is 6.61 Å². The van der Waals surface area contributed by atoms with Crippen molar-refractivity contribution in [3.63, 3.8) is 0 Å². The Morgan fingerprint density at radius 3 is 2.43 bits per heavy atom. The van der Waals surface area contributed by atoms with Crippen molar-refractivity contribution in [3.8, 4) is 5.75 Å². The topological polar surface area (TPSA) is 47.3 Å². The number of halogens is 3. The second-order valence-electron chi connectivity index (χ2n) is 4.67. The van der Waals surface area contributed by atoms with Crippen LogP contribution in [0.15, 0.2) is 30.3 Å². The molecule has 0 aliphatic rings. The maximum absolute atomic E-state index is 13.5. The lowest BCUT2D eigenvalue weighted by Crippen LogP contribution is -2.06. The summed E-state index contributed by atoms with van der Waals surface area (Å²) in [5, 5.41) is 2.96. The Kier molecular flexibility index (Phi) is 4.26. The minimum Gasteiger partial charge on any atom is -0.432 e. The fraction of sp³-hybridized carbons (Fsp3) is 0.200. The van der Waals surface area contributed by atoms with Gasteiger partial charge in [-0.05, 0) is 37.1 Å². The Morgan fingerprint density at radius 2 is 1.81 bits per heavy atom. The molecule has 0 atom stereocenters. The summed E-state index contributed by atoms with van der Waals surface area (Å²) in [6.45, 7) is 0.817. The van der Waals surface area contributed by atoms with Gasteiger partial charge in [0.1, 0.15) is 0 Å². The fourth-order valence-electron chi connectivity index (χ4n) is 1.84. The molecule has 2 rings (SSSR count). The number of nitrogens with one attached hydrogen (secondary N) is 1. The van der Waals surface area contributed by atoms with Crippen LogP contribution in [0.2, 0.25) is 0 Å². The quantitative estimate of drug-likeness (QED) is 0.824. The van der Waals surface area contributed by atoms with E-state index in [4.69, 9.17) is 5.73 Å². The highest BCUT2D eigenvalue weighted by Crippen LogP contribution is 2.31. The fourth-order valence-corrected chi connectivity index (χ4v) is 1.84. The molecule has 0 unspecified atom stereocenters. The van der Waals surface area contributed by atoms with E-state index in [1.54, 1.807) is 0 Å². The first-order valence-corrected chi connectivity index (χ1v) is 6.25. The first-order valence-electron chi connectivity index (χ1n) is 6.25. The van der Waals surface area contributed by atoms with Crippen molar-refractivity contribution in [1.29, 1.82) is 0 Å². The summed E-state index contributed by atoms with van der Waals surface area (Å²) in [7, 11) is 0. The zero-order valence-corrected chi connectivity index (χ0v) is 11.6. The van der Waals surface area contributed by atoms with Crippen LogP contribution in [0.3, 0.4) is 0 Å². The van der Waals surface area contributed by atoms with Gasteiger partial charge in [0, 0.05) is 17.8 Å². The number of nitrogen functional groups attached to an aromatic ring is 1. The molecule has 2 aromatic carbocycles. The number of nitrogens with two attached hydrogens (primary N) is 1. The van der Waals surface area contributed by atoms with Gasteiger partial charge in [-0.25, -0.2) is 4.39 Å². The van der Waals surface area contributed by atoms with E-state index in [2.05, 4.69) is 10.1 Å². The molecule has 3 nitrogen and oxygen atoms in total. The number of hydrogen-bond donors (Lipinski definition) is 2. The first-order chi connectivity index (χ1) is 9.86. The van der Waals surface area contributed by atoms with Gasteiger partial charge in [0.25, 0.3) is 0 Å². The molecule has 0 bridgehead atoms. The number of alkyl halides is 2. The van der Waals surface area contributed by atoms with Crippen molar-refractivity contribution >= 4 is 17.1 Å². The Morgan fingerprint density at radius 1 is 1.10 bits per heavy atom. The molecule has 112 valence electrons. The van der Waals surface area contributed by atoms with Crippen LogP contribution < -0.4 is 15.8 Å². The third kappa shape index (κ3) is 3.59. The first kappa shape index (κ1) is 15.0. The molecule has 0 saturated carbocycles. The van der Waals surface area contributed by atoms with Crippen molar-refractivity contribution in [2.45, 2.75) is 20.5 Å². The molecular formula is C15H15F3N2O. The number of anilines is 3. The van der Waals surface area contributed by atoms with Gasteiger partial charge in [0.2, 0.25) is 0 Å². The van der Waals surface area contributed by atoms with Gasteiger partial charge in [0.05, 0.1) is 11.4 Å². The lowest BCUT2D eigenvalue weighted by Gasteiger charge is -2.13. The van der Waals surface area contributed by atoms with Crippen LogP contribution in [0.4, 0.5) is 30.2 Å². The highest BCUT2D eigenvalue weighted by Gasteiger charge is 2.13. The maximum atomic E-state index is 13.5. The average molecular weight is 296 g/mol. The number of hydrogen-bond acceptors (Lipinski definition) is 3. The Hall–Kier alpha value is -2.37. The molecule has 0 spiro atoms. The largest absolute Gasteiger partial charge is 0.432 e. The Bertz CT molecular complexity index is 660. The van der Waals surface area contributed by atoms with Crippen LogP contribution in [0, 0.1) is 19.7 Å². The third-order valence-corrected chi connectivity index (χ3v) is 3.11. The summed E-state index contributed by atoms with van der Waals surface area (Å²) in [6.07, 6.45) is 0. The predicted octanol–water partition coefficient (Wildman–Crippen LogP) is 4.37. The van der Waals surface area contributed by atoms with E-state index in [0.717, 1.165) is 28.9 Å². The molecule has 0 fully saturated rings. The highest BCUT2D eigenvalue weighted by atomic mass is 19.3. The van der Waals surface area contributed by atoms with E-state index in [9.17, 15) is 13.2 Å². The van der Waals surface area contributed by atoms with Gasteiger partial charge < -0.3 is 15.8 Å². The van der Waals surface area contributed by atoms with Gasteiger partial charge in [-0.1, -0.05) is 6.07 Å². The van der Waals surface area contributed by atoms with E-state index in [1.807, 2.05) is 32.0 Å². The van der Waals surface area contributed by atoms with Crippen LogP contribution in [0.25, 0.3) is 0 Å². The zero-order chi connectivity index (χ0) is 15.6. The number of benzene rings is 2. The van der Waals surface area contributed by atoms with E-state index in [0.29, 0.717) is 5.69 Å². The van der Waals surface area contributed by atoms with Crippen LogP contribution >= 0.6 is 0 Å². The van der Waals surface area contributed by atoms with Gasteiger partial charge in [-0.2, -0.15) is 8.78 Å². The minimum atomic E-state index is -3.10. The molecule has 0 aliphatic heterocycles. The van der Waals surface area contributed by atoms with Gasteiger partial charge in [0.15, 0.2) is 11.6 Å². The second kappa shape index (κ2) is 5.95. The highest BCUT2D eigenvalue weighted by molar-refractivity contribution is 5.74. The molecule has 0 amide bonds. The van der Waals surface area contributed by atoms with Crippen LogP contribution in [-0.4, -0.2) is 6.61 Å². The molecule has 3 N–H and O–H groups in total. The monoisotopic (exact) mass is 296 g/mol. The number of ether oxygens (including phenoxy) is 1. The van der Waals surface area contributed by atoms with E-state index < -0.39 is 18.2 Å². The molecule has 0 aliphatic carbocycles. The maximum Gasteiger partial charge on any atom is 0.387 e. The Labute approximate surface area is 120 Å². The lowest BCUT2D eigenvalue weighted by molar-refractivity contribution is -0.0521. The van der Waals surface area contributed by atoms with E-state index in [1.165, 1.54) is 0 Å². The van der Waals surface area contributed by atoms with Crippen molar-refractivity contribution in [1.82, 2.24) is 0 Å². The van der Waals surface area contributed by atoms with Crippen LogP contribution in [0.5, 0.6) is 5.75 Å². The summed E-state index contributed by atoms with van der Waals surface area (Å²) in [5.74, 6) is -1.48. The summed E-state index contributed by atoms with van der Waals surface area (Å²) < 4.78 is 42.0. The lowest BCUT2D eigenvalue weighted by atomic mass is 10.1. The zero-order valence-electron chi connectivity index (χ0n) is 11.6. The SMILES string of the molecule is Cc1ccc(Nc2cc(OC(F)F)c(F)cc2N)cc1C. The van der Waals surface area contributed by atoms with Crippen LogP contribution in [-0.2, 0) is 0 Å². The summed E-state index contributed by atoms with van der Waals surface area (Å²) in [5.41, 5.74) is 9.00. The molecule has 21 heavy (non-hydrogen) atoms. The number of aryl methyl sites for hydroxylation is 2. The van der Waals surface area contributed by atoms with Crippen molar-refractivity contribution in [2.75, 3.05) is 11.1 Å². The second-order valence-corrected chi connectivity index (χ2v) is 4.67. The standard InChI is InChI=1S/C15H15F3N2O/c1-8-3-4-10(5-9(8)2)20-13-7-14(21-15(17)18)11(16)6-12(13)19/h3-7,15,20H,19H2,1-2H3. The summed E-state index contributed by atoms with van der Waals surface area (Å²) >= 11 is 0. The third-order valence-electron chi connectivity index (χ3n) is 3.11. The predicted molar refractivity (Wildman–Crippen MR) is 76.6 cm³/mol. The Balaban J connectivity index is 2.32. The van der Waals surface area contributed by atoms with Crippen molar-refractivity contribution < 1.29 is 17.9 Å². The van der Waals surface area contributed by atoms with Crippen molar-refractivity contribution in [2.24, 2.45) is 0 Å². The van der Waals surface area contributed by atoms with Gasteiger partial charge in [-0.3, -0.25) is 0 Å². The van der Waals surface area contributed by atoms with Crippen LogP contribution in [0.1, 0.15) is 11.1 Å².